The number of ether oxygens (including phenoxy) is 2. The summed E-state index contributed by atoms with van der Waals surface area (Å²) in [5, 5.41) is 3.31. The molecule has 1 amide bonds. The molecule has 0 aromatic heterocycles. The van der Waals surface area contributed by atoms with E-state index >= 15 is 0 Å². The van der Waals surface area contributed by atoms with Crippen molar-refractivity contribution in [2.75, 3.05) is 26.9 Å². The number of primary amides is 1. The van der Waals surface area contributed by atoms with Gasteiger partial charge in [-0.1, -0.05) is 19.1 Å². The monoisotopic (exact) mass is 294 g/mol. The molecule has 0 saturated carbocycles. The summed E-state index contributed by atoms with van der Waals surface area (Å²) in [6, 6.07) is 4.19. The molecule has 5 heteroatoms. The third-order valence-corrected chi connectivity index (χ3v) is 3.30. The van der Waals surface area contributed by atoms with Crippen molar-refractivity contribution >= 4 is 5.91 Å². The maximum Gasteiger partial charge on any atom is 0.223 e. The number of hydrogen-bond donors (Lipinski definition) is 2. The zero-order valence-electron chi connectivity index (χ0n) is 13.4. The molecule has 0 radical (unpaired) electrons. The van der Waals surface area contributed by atoms with Gasteiger partial charge in [0.15, 0.2) is 0 Å². The van der Waals surface area contributed by atoms with Crippen LogP contribution in [0.4, 0.5) is 0 Å². The molecule has 0 heterocycles. The quantitative estimate of drug-likeness (QED) is 0.678. The molecular formula is C16H26N2O3. The summed E-state index contributed by atoms with van der Waals surface area (Å²) in [6.07, 6.45) is 0. The molecule has 1 rings (SSSR count). The number of amides is 1. The van der Waals surface area contributed by atoms with E-state index in [0.29, 0.717) is 13.2 Å². The van der Waals surface area contributed by atoms with Gasteiger partial charge in [0.2, 0.25) is 5.91 Å². The number of hydrogen-bond acceptors (Lipinski definition) is 4. The normalized spacial score (nSPS) is 12.2. The number of nitrogens with one attached hydrogen (secondary N) is 1. The third kappa shape index (κ3) is 5.73. The first-order valence-electron chi connectivity index (χ1n) is 7.17. The first-order valence-corrected chi connectivity index (χ1v) is 7.17. The minimum absolute atomic E-state index is 0.292. The maximum atomic E-state index is 11.0. The van der Waals surface area contributed by atoms with Gasteiger partial charge in [-0.15, -0.1) is 0 Å². The zero-order valence-corrected chi connectivity index (χ0v) is 13.4. The fourth-order valence-corrected chi connectivity index (χ4v) is 2.07. The van der Waals surface area contributed by atoms with Gasteiger partial charge in [0.1, 0.15) is 5.75 Å². The first-order chi connectivity index (χ1) is 9.95. The van der Waals surface area contributed by atoms with Crippen LogP contribution in [0.1, 0.15) is 23.6 Å². The molecule has 21 heavy (non-hydrogen) atoms. The Hall–Kier alpha value is -1.59. The highest BCUT2D eigenvalue weighted by atomic mass is 16.5. The van der Waals surface area contributed by atoms with Crippen LogP contribution in [0.2, 0.25) is 0 Å². The Labute approximate surface area is 126 Å². The van der Waals surface area contributed by atoms with Crippen LogP contribution < -0.4 is 15.8 Å². The summed E-state index contributed by atoms with van der Waals surface area (Å²) in [6.45, 7) is 8.41. The van der Waals surface area contributed by atoms with Gasteiger partial charge >= 0.3 is 0 Å². The van der Waals surface area contributed by atoms with Gasteiger partial charge in [0.05, 0.1) is 19.1 Å². The molecule has 118 valence electrons. The number of aryl methyl sites for hydroxylation is 2. The summed E-state index contributed by atoms with van der Waals surface area (Å²) in [7, 11) is 1.69. The number of carbonyl (C=O) groups excluding carboxylic acids is 1. The van der Waals surface area contributed by atoms with Crippen LogP contribution in [0.3, 0.4) is 0 Å². The molecule has 0 spiro atoms. The van der Waals surface area contributed by atoms with Gasteiger partial charge in [0, 0.05) is 20.2 Å². The molecule has 1 atom stereocenters. The molecule has 0 aliphatic rings. The van der Waals surface area contributed by atoms with Crippen molar-refractivity contribution in [2.24, 2.45) is 11.7 Å². The van der Waals surface area contributed by atoms with Crippen LogP contribution in [0.5, 0.6) is 5.75 Å². The second kappa shape index (κ2) is 8.64. The Morgan fingerprint density at radius 2 is 1.95 bits per heavy atom. The van der Waals surface area contributed by atoms with Crippen LogP contribution >= 0.6 is 0 Å². The van der Waals surface area contributed by atoms with Crippen molar-refractivity contribution < 1.29 is 14.3 Å². The van der Waals surface area contributed by atoms with Gasteiger partial charge in [-0.05, 0) is 30.5 Å². The molecule has 0 saturated heterocycles. The van der Waals surface area contributed by atoms with E-state index in [1.807, 2.05) is 13.8 Å². The minimum atomic E-state index is -0.343. The lowest BCUT2D eigenvalue weighted by Crippen LogP contribution is -2.26. The Kier molecular flexibility index (Phi) is 7.19. The van der Waals surface area contributed by atoms with Crippen molar-refractivity contribution in [3.63, 3.8) is 0 Å². The SMILES string of the molecule is COCCNCc1cc(C)c(OCC(C)C(N)=O)c(C)c1. The van der Waals surface area contributed by atoms with Crippen molar-refractivity contribution in [2.45, 2.75) is 27.3 Å². The number of nitrogens with two attached hydrogens (primary N) is 1. The Balaban J connectivity index is 2.64. The highest BCUT2D eigenvalue weighted by Gasteiger charge is 2.12. The van der Waals surface area contributed by atoms with Gasteiger partial charge in [-0.25, -0.2) is 0 Å². The minimum Gasteiger partial charge on any atom is -0.492 e. The van der Waals surface area contributed by atoms with E-state index in [2.05, 4.69) is 17.4 Å². The molecule has 5 nitrogen and oxygen atoms in total. The fourth-order valence-electron chi connectivity index (χ4n) is 2.07. The molecule has 1 aromatic carbocycles. The molecule has 0 bridgehead atoms. The van der Waals surface area contributed by atoms with E-state index < -0.39 is 0 Å². The number of methoxy groups -OCH3 is 1. The maximum absolute atomic E-state index is 11.0. The molecule has 0 aliphatic heterocycles. The summed E-state index contributed by atoms with van der Waals surface area (Å²) < 4.78 is 10.7. The smallest absolute Gasteiger partial charge is 0.223 e. The van der Waals surface area contributed by atoms with Crippen molar-refractivity contribution in [1.82, 2.24) is 5.32 Å². The highest BCUT2D eigenvalue weighted by Crippen LogP contribution is 2.25. The van der Waals surface area contributed by atoms with Crippen molar-refractivity contribution in [3.05, 3.63) is 28.8 Å². The van der Waals surface area contributed by atoms with Gasteiger partial charge in [-0.2, -0.15) is 0 Å². The number of benzene rings is 1. The molecule has 1 unspecified atom stereocenters. The van der Waals surface area contributed by atoms with Crippen LogP contribution in [0, 0.1) is 19.8 Å². The Bertz CT molecular complexity index is 452. The van der Waals surface area contributed by atoms with Crippen LogP contribution in [-0.4, -0.2) is 32.8 Å². The molecule has 1 aromatic rings. The van der Waals surface area contributed by atoms with E-state index in [4.69, 9.17) is 15.2 Å². The lowest BCUT2D eigenvalue weighted by atomic mass is 10.1. The standard InChI is InChI=1S/C16H26N2O3/c1-11-7-14(9-18-5-6-20-4)8-12(2)15(11)21-10-13(3)16(17)19/h7-8,13,18H,5-6,9-10H2,1-4H3,(H2,17,19). The van der Waals surface area contributed by atoms with Crippen molar-refractivity contribution in [1.29, 1.82) is 0 Å². The van der Waals surface area contributed by atoms with Gasteiger partial charge in [-0.3, -0.25) is 4.79 Å². The molecular weight excluding hydrogens is 268 g/mol. The second-order valence-corrected chi connectivity index (χ2v) is 5.34. The average Bonchev–Trinajstić information content (AvgIpc) is 2.42. The van der Waals surface area contributed by atoms with Gasteiger partial charge < -0.3 is 20.5 Å². The van der Waals surface area contributed by atoms with Crippen LogP contribution in [-0.2, 0) is 16.1 Å². The zero-order chi connectivity index (χ0) is 15.8. The molecule has 0 aliphatic carbocycles. The lowest BCUT2D eigenvalue weighted by Gasteiger charge is -2.16. The second-order valence-electron chi connectivity index (χ2n) is 5.34. The summed E-state index contributed by atoms with van der Waals surface area (Å²) >= 11 is 0. The lowest BCUT2D eigenvalue weighted by molar-refractivity contribution is -0.122. The van der Waals surface area contributed by atoms with Crippen molar-refractivity contribution in [3.8, 4) is 5.75 Å². The van der Waals surface area contributed by atoms with E-state index in [0.717, 1.165) is 30.0 Å². The number of carbonyl (C=O) groups is 1. The Morgan fingerprint density at radius 3 is 2.48 bits per heavy atom. The summed E-state index contributed by atoms with van der Waals surface area (Å²) in [4.78, 5) is 11.0. The first kappa shape index (κ1) is 17.5. The van der Waals surface area contributed by atoms with E-state index in [9.17, 15) is 4.79 Å². The third-order valence-electron chi connectivity index (χ3n) is 3.30. The molecule has 0 fully saturated rings. The van der Waals surface area contributed by atoms with Crippen LogP contribution in [0.25, 0.3) is 0 Å². The Morgan fingerprint density at radius 1 is 1.33 bits per heavy atom. The predicted molar refractivity (Wildman–Crippen MR) is 83.4 cm³/mol. The topological polar surface area (TPSA) is 73.6 Å². The van der Waals surface area contributed by atoms with Gasteiger partial charge in [0.25, 0.3) is 0 Å². The largest absolute Gasteiger partial charge is 0.492 e. The average molecular weight is 294 g/mol. The summed E-state index contributed by atoms with van der Waals surface area (Å²) in [5.74, 6) is 0.201. The highest BCUT2D eigenvalue weighted by molar-refractivity contribution is 5.76. The van der Waals surface area contributed by atoms with E-state index in [1.165, 1.54) is 5.56 Å². The van der Waals surface area contributed by atoms with E-state index in [-0.39, 0.29) is 11.8 Å². The molecule has 3 N–H and O–H groups in total. The number of rotatable bonds is 9. The van der Waals surface area contributed by atoms with Crippen LogP contribution in [0.15, 0.2) is 12.1 Å². The van der Waals surface area contributed by atoms with E-state index in [1.54, 1.807) is 14.0 Å². The summed E-state index contributed by atoms with van der Waals surface area (Å²) in [5.41, 5.74) is 8.58. The predicted octanol–water partition coefficient (Wildman–Crippen LogP) is 1.54. The fraction of sp³-hybridized carbons (Fsp3) is 0.562.